The molecule has 3 heteroatoms. The van der Waals surface area contributed by atoms with Crippen LogP contribution >= 0.6 is 0 Å². The number of aliphatic hydroxyl groups is 2. The van der Waals surface area contributed by atoms with E-state index in [1.54, 1.807) is 30.3 Å². The topological polar surface area (TPSA) is 57.5 Å². The van der Waals surface area contributed by atoms with Crippen molar-refractivity contribution in [2.24, 2.45) is 0 Å². The summed E-state index contributed by atoms with van der Waals surface area (Å²) in [5, 5.41) is 19.3. The van der Waals surface area contributed by atoms with Crippen LogP contribution in [0.3, 0.4) is 0 Å². The van der Waals surface area contributed by atoms with E-state index in [1.807, 2.05) is 0 Å². The zero-order chi connectivity index (χ0) is 10.2. The number of carbonyl (C=O) groups is 1. The van der Waals surface area contributed by atoms with Gasteiger partial charge < -0.3 is 10.2 Å². The summed E-state index contributed by atoms with van der Waals surface area (Å²) in [7, 11) is 0. The van der Waals surface area contributed by atoms with Gasteiger partial charge in [0.15, 0.2) is 11.9 Å². The molecule has 0 fully saturated rings. The highest BCUT2D eigenvalue weighted by atomic mass is 16.3. The monoisotopic (exact) mass is 190 g/mol. The molecule has 0 amide bonds. The van der Waals surface area contributed by atoms with E-state index in [0.717, 1.165) is 0 Å². The third-order valence-corrected chi connectivity index (χ3v) is 2.39. The van der Waals surface area contributed by atoms with Crippen molar-refractivity contribution < 1.29 is 15.0 Å². The fourth-order valence-corrected chi connectivity index (χ4v) is 1.72. The molecule has 0 aliphatic heterocycles. The number of hydrogen-bond acceptors (Lipinski definition) is 3. The molecule has 0 saturated heterocycles. The fourth-order valence-electron chi connectivity index (χ4n) is 1.72. The molecule has 72 valence electrons. The molecule has 3 nitrogen and oxygen atoms in total. The van der Waals surface area contributed by atoms with E-state index in [0.29, 0.717) is 17.4 Å². The molecular formula is C11H10O3. The van der Waals surface area contributed by atoms with Gasteiger partial charge in [-0.1, -0.05) is 24.3 Å². The lowest BCUT2D eigenvalue weighted by molar-refractivity contribution is -0.125. The average Bonchev–Trinajstić information content (AvgIpc) is 2.17. The van der Waals surface area contributed by atoms with Gasteiger partial charge in [0.2, 0.25) is 0 Å². The van der Waals surface area contributed by atoms with Crippen molar-refractivity contribution in [3.8, 4) is 0 Å². The molecule has 0 radical (unpaired) electrons. The van der Waals surface area contributed by atoms with Gasteiger partial charge in [-0.2, -0.15) is 0 Å². The average molecular weight is 190 g/mol. The quantitative estimate of drug-likeness (QED) is 0.657. The third kappa shape index (κ3) is 1.22. The zero-order valence-corrected chi connectivity index (χ0v) is 7.47. The Morgan fingerprint density at radius 1 is 1.36 bits per heavy atom. The van der Waals surface area contributed by atoms with Crippen LogP contribution in [-0.2, 0) is 10.4 Å². The Balaban J connectivity index is 2.64. The molecule has 0 heterocycles. The van der Waals surface area contributed by atoms with Gasteiger partial charge in [0.05, 0.1) is 5.76 Å². The number of rotatable bonds is 1. The second-order valence-electron chi connectivity index (χ2n) is 3.44. The first kappa shape index (κ1) is 8.97. The van der Waals surface area contributed by atoms with Crippen LogP contribution in [0.2, 0.25) is 0 Å². The minimum atomic E-state index is -1.57. The molecule has 2 rings (SSSR count). The smallest absolute Gasteiger partial charge is 0.156 e. The lowest BCUT2D eigenvalue weighted by Gasteiger charge is -2.27. The van der Waals surface area contributed by atoms with Crippen LogP contribution in [0, 0.1) is 0 Å². The molecule has 2 N–H and O–H groups in total. The molecule has 0 aromatic heterocycles. The summed E-state index contributed by atoms with van der Waals surface area (Å²) in [6.45, 7) is 0. The third-order valence-electron chi connectivity index (χ3n) is 2.39. The zero-order valence-electron chi connectivity index (χ0n) is 7.47. The van der Waals surface area contributed by atoms with Crippen LogP contribution in [0.4, 0.5) is 0 Å². The van der Waals surface area contributed by atoms with Crippen molar-refractivity contribution in [3.63, 3.8) is 0 Å². The highest BCUT2D eigenvalue weighted by molar-refractivity contribution is 5.74. The van der Waals surface area contributed by atoms with E-state index in [9.17, 15) is 15.0 Å². The lowest BCUT2D eigenvalue weighted by atomic mass is 9.83. The Bertz CT molecular complexity index is 409. The first-order valence-corrected chi connectivity index (χ1v) is 4.33. The first-order valence-electron chi connectivity index (χ1n) is 4.33. The molecule has 1 unspecified atom stereocenters. The predicted octanol–water partition coefficient (Wildman–Crippen LogP) is 1.38. The van der Waals surface area contributed by atoms with Crippen LogP contribution < -0.4 is 0 Å². The first-order chi connectivity index (χ1) is 6.65. The Hall–Kier alpha value is -1.61. The van der Waals surface area contributed by atoms with Gasteiger partial charge in [-0.05, 0) is 17.2 Å². The fraction of sp³-hybridized carbons (Fsp3) is 0.182. The van der Waals surface area contributed by atoms with Crippen LogP contribution in [0.25, 0.3) is 6.08 Å². The maximum Gasteiger partial charge on any atom is 0.156 e. The van der Waals surface area contributed by atoms with Crippen LogP contribution in [0.5, 0.6) is 0 Å². The SMILES string of the molecule is O=CC1(O)CC(O)=Cc2ccccc21. The van der Waals surface area contributed by atoms with Gasteiger partial charge >= 0.3 is 0 Å². The molecule has 14 heavy (non-hydrogen) atoms. The summed E-state index contributed by atoms with van der Waals surface area (Å²) >= 11 is 0. The highest BCUT2D eigenvalue weighted by Crippen LogP contribution is 2.34. The van der Waals surface area contributed by atoms with Gasteiger partial charge in [0, 0.05) is 6.42 Å². The summed E-state index contributed by atoms with van der Waals surface area (Å²) in [4.78, 5) is 10.8. The summed E-state index contributed by atoms with van der Waals surface area (Å²) in [6, 6.07) is 6.98. The number of hydrogen-bond donors (Lipinski definition) is 2. The second kappa shape index (κ2) is 2.96. The summed E-state index contributed by atoms with van der Waals surface area (Å²) < 4.78 is 0. The van der Waals surface area contributed by atoms with Crippen molar-refractivity contribution in [2.45, 2.75) is 12.0 Å². The van der Waals surface area contributed by atoms with Crippen molar-refractivity contribution in [1.82, 2.24) is 0 Å². The lowest BCUT2D eigenvalue weighted by Crippen LogP contribution is -2.31. The van der Waals surface area contributed by atoms with Crippen LogP contribution in [-0.4, -0.2) is 16.5 Å². The highest BCUT2D eigenvalue weighted by Gasteiger charge is 2.34. The summed E-state index contributed by atoms with van der Waals surface area (Å²) in [6.07, 6.45) is 1.98. The number of carbonyl (C=O) groups excluding carboxylic acids is 1. The molecule has 0 saturated carbocycles. The van der Waals surface area contributed by atoms with Gasteiger partial charge in [-0.25, -0.2) is 0 Å². The number of benzene rings is 1. The Labute approximate surface area is 81.3 Å². The van der Waals surface area contributed by atoms with E-state index in [1.165, 1.54) is 0 Å². The molecule has 1 aromatic carbocycles. The molecule has 1 aliphatic carbocycles. The number of fused-ring (bicyclic) bond motifs is 1. The molecule has 1 aliphatic rings. The molecule has 1 atom stereocenters. The summed E-state index contributed by atoms with van der Waals surface area (Å²) in [5.74, 6) is 0.0262. The maximum absolute atomic E-state index is 10.8. The molecule has 0 bridgehead atoms. The Morgan fingerprint density at radius 2 is 2.07 bits per heavy atom. The van der Waals surface area contributed by atoms with Gasteiger partial charge in [-0.3, -0.25) is 4.79 Å². The van der Waals surface area contributed by atoms with Crippen molar-refractivity contribution >= 4 is 12.4 Å². The Kier molecular flexibility index (Phi) is 1.89. The predicted molar refractivity (Wildman–Crippen MR) is 51.6 cm³/mol. The minimum absolute atomic E-state index is 0.0262. The van der Waals surface area contributed by atoms with Crippen molar-refractivity contribution in [2.75, 3.05) is 0 Å². The maximum atomic E-state index is 10.8. The van der Waals surface area contributed by atoms with Crippen molar-refractivity contribution in [3.05, 3.63) is 41.2 Å². The minimum Gasteiger partial charge on any atom is -0.512 e. The van der Waals surface area contributed by atoms with Crippen LogP contribution in [0.1, 0.15) is 17.5 Å². The van der Waals surface area contributed by atoms with E-state index >= 15 is 0 Å². The number of aldehydes is 1. The van der Waals surface area contributed by atoms with Gasteiger partial charge in [0.25, 0.3) is 0 Å². The Morgan fingerprint density at radius 3 is 2.79 bits per heavy atom. The van der Waals surface area contributed by atoms with Gasteiger partial charge in [0.1, 0.15) is 0 Å². The van der Waals surface area contributed by atoms with E-state index in [-0.39, 0.29) is 12.2 Å². The molecule has 0 spiro atoms. The van der Waals surface area contributed by atoms with E-state index in [4.69, 9.17) is 0 Å². The van der Waals surface area contributed by atoms with Crippen LogP contribution in [0.15, 0.2) is 30.0 Å². The number of aliphatic hydroxyl groups excluding tert-OH is 1. The van der Waals surface area contributed by atoms with E-state index < -0.39 is 5.60 Å². The summed E-state index contributed by atoms with van der Waals surface area (Å²) in [5.41, 5.74) is -0.339. The standard InChI is InChI=1S/C11H10O3/c12-7-11(14)6-9(13)5-8-3-1-2-4-10(8)11/h1-5,7,13-14H,6H2. The largest absolute Gasteiger partial charge is 0.512 e. The van der Waals surface area contributed by atoms with Crippen molar-refractivity contribution in [1.29, 1.82) is 0 Å². The second-order valence-corrected chi connectivity index (χ2v) is 3.44. The van der Waals surface area contributed by atoms with Gasteiger partial charge in [-0.15, -0.1) is 0 Å². The normalized spacial score (nSPS) is 25.1. The van der Waals surface area contributed by atoms with E-state index in [2.05, 4.69) is 0 Å². The molecule has 1 aromatic rings. The molecular weight excluding hydrogens is 180 g/mol.